The van der Waals surface area contributed by atoms with Crippen molar-refractivity contribution in [2.24, 2.45) is 5.92 Å². The van der Waals surface area contributed by atoms with Crippen molar-refractivity contribution in [1.82, 2.24) is 10.2 Å². The van der Waals surface area contributed by atoms with Crippen LogP contribution >= 0.6 is 11.3 Å². The summed E-state index contributed by atoms with van der Waals surface area (Å²) in [4.78, 5) is 21.3. The van der Waals surface area contributed by atoms with Gasteiger partial charge in [0.25, 0.3) is 0 Å². The molecule has 1 aromatic heterocycles. The summed E-state index contributed by atoms with van der Waals surface area (Å²) in [6.45, 7) is 0. The highest BCUT2D eigenvalue weighted by atomic mass is 32.1. The molecule has 1 aromatic rings. The van der Waals surface area contributed by atoms with Gasteiger partial charge in [0.1, 0.15) is 17.3 Å². The summed E-state index contributed by atoms with van der Waals surface area (Å²) in [5.41, 5.74) is 0. The van der Waals surface area contributed by atoms with Crippen LogP contribution in [0.4, 0.5) is 5.13 Å². The Labute approximate surface area is 115 Å². The number of nitrogens with one attached hydrogen (secondary N) is 1. The van der Waals surface area contributed by atoms with Gasteiger partial charge in [0.05, 0.1) is 0 Å². The third-order valence-electron chi connectivity index (χ3n) is 3.33. The molecule has 2 rings (SSSR count). The van der Waals surface area contributed by atoms with Crippen LogP contribution in [0, 0.1) is 5.92 Å². The summed E-state index contributed by atoms with van der Waals surface area (Å²) in [6, 6.07) is -0.926. The fourth-order valence-corrected chi connectivity index (χ4v) is 3.23. The number of carboxylic acids is 1. The van der Waals surface area contributed by atoms with Gasteiger partial charge in [-0.15, -0.1) is 10.2 Å². The van der Waals surface area contributed by atoms with Gasteiger partial charge in [-0.25, -0.2) is 4.79 Å². The zero-order valence-corrected chi connectivity index (χ0v) is 11.4. The van der Waals surface area contributed by atoms with Gasteiger partial charge in [-0.2, -0.15) is 0 Å². The summed E-state index contributed by atoms with van der Waals surface area (Å²) in [6.07, 6.45) is 6.49. The van der Waals surface area contributed by atoms with Crippen LogP contribution in [0.3, 0.4) is 0 Å². The Kier molecular flexibility index (Phi) is 4.84. The first-order valence-corrected chi connectivity index (χ1v) is 7.26. The van der Waals surface area contributed by atoms with Crippen LogP contribution in [0.5, 0.6) is 0 Å². The Bertz CT molecular complexity index is 443. The molecule has 1 unspecified atom stereocenters. The molecule has 0 amide bonds. The minimum absolute atomic E-state index is 0.0765. The van der Waals surface area contributed by atoms with Gasteiger partial charge in [0, 0.05) is 12.8 Å². The number of aldehydes is 1. The largest absolute Gasteiger partial charge is 0.480 e. The van der Waals surface area contributed by atoms with Crippen LogP contribution < -0.4 is 5.32 Å². The SMILES string of the molecule is O=CCC(Nc1nnc(CC2CCCC2)s1)C(=O)O. The van der Waals surface area contributed by atoms with Gasteiger partial charge in [0.2, 0.25) is 5.13 Å². The van der Waals surface area contributed by atoms with E-state index in [2.05, 4.69) is 15.5 Å². The summed E-state index contributed by atoms with van der Waals surface area (Å²) in [7, 11) is 0. The molecule has 104 valence electrons. The van der Waals surface area contributed by atoms with E-state index in [1.54, 1.807) is 0 Å². The fraction of sp³-hybridized carbons (Fsp3) is 0.667. The van der Waals surface area contributed by atoms with Gasteiger partial charge >= 0.3 is 5.97 Å². The van der Waals surface area contributed by atoms with Crippen molar-refractivity contribution in [1.29, 1.82) is 0 Å². The Morgan fingerprint density at radius 2 is 2.21 bits per heavy atom. The van der Waals surface area contributed by atoms with Crippen LogP contribution in [-0.2, 0) is 16.0 Å². The van der Waals surface area contributed by atoms with E-state index < -0.39 is 12.0 Å². The second kappa shape index (κ2) is 6.60. The number of aromatic nitrogens is 2. The van der Waals surface area contributed by atoms with Crippen molar-refractivity contribution in [2.45, 2.75) is 44.6 Å². The topological polar surface area (TPSA) is 92.2 Å². The summed E-state index contributed by atoms with van der Waals surface area (Å²) < 4.78 is 0. The Hall–Kier alpha value is -1.50. The molecule has 1 saturated carbocycles. The number of nitrogens with zero attached hydrogens (tertiary/aromatic N) is 2. The highest BCUT2D eigenvalue weighted by molar-refractivity contribution is 7.15. The number of rotatable bonds is 7. The number of aliphatic carboxylic acids is 1. The van der Waals surface area contributed by atoms with Crippen molar-refractivity contribution >= 4 is 28.7 Å². The molecule has 0 aliphatic heterocycles. The molecule has 1 fully saturated rings. The monoisotopic (exact) mass is 283 g/mol. The van der Waals surface area contributed by atoms with Gasteiger partial charge < -0.3 is 15.2 Å². The number of hydrogen-bond donors (Lipinski definition) is 2. The van der Waals surface area contributed by atoms with Crippen molar-refractivity contribution in [3.63, 3.8) is 0 Å². The highest BCUT2D eigenvalue weighted by Gasteiger charge is 2.20. The average molecular weight is 283 g/mol. The van der Waals surface area contributed by atoms with Gasteiger partial charge in [-0.1, -0.05) is 37.0 Å². The zero-order chi connectivity index (χ0) is 13.7. The number of anilines is 1. The van der Waals surface area contributed by atoms with E-state index in [-0.39, 0.29) is 6.42 Å². The first-order valence-electron chi connectivity index (χ1n) is 6.44. The molecule has 1 heterocycles. The summed E-state index contributed by atoms with van der Waals surface area (Å²) in [5.74, 6) is -0.370. The van der Waals surface area contributed by atoms with Crippen molar-refractivity contribution in [3.05, 3.63) is 5.01 Å². The molecule has 0 saturated heterocycles. The van der Waals surface area contributed by atoms with E-state index in [0.717, 1.165) is 11.4 Å². The van der Waals surface area contributed by atoms with E-state index in [9.17, 15) is 9.59 Å². The fourth-order valence-electron chi connectivity index (χ4n) is 2.32. The molecular weight excluding hydrogens is 266 g/mol. The van der Waals surface area contributed by atoms with E-state index in [0.29, 0.717) is 17.3 Å². The molecule has 0 bridgehead atoms. The van der Waals surface area contributed by atoms with Crippen molar-refractivity contribution < 1.29 is 14.7 Å². The van der Waals surface area contributed by atoms with Crippen LogP contribution in [-0.4, -0.2) is 33.6 Å². The third-order valence-corrected chi connectivity index (χ3v) is 4.21. The lowest BCUT2D eigenvalue weighted by Crippen LogP contribution is -2.29. The number of hydrogen-bond acceptors (Lipinski definition) is 6. The van der Waals surface area contributed by atoms with E-state index in [4.69, 9.17) is 5.11 Å². The molecule has 7 heteroatoms. The molecule has 1 aliphatic carbocycles. The molecule has 1 aliphatic rings. The second-order valence-corrected chi connectivity index (χ2v) is 5.86. The van der Waals surface area contributed by atoms with E-state index >= 15 is 0 Å². The van der Waals surface area contributed by atoms with Gasteiger partial charge in [-0.05, 0) is 5.92 Å². The zero-order valence-electron chi connectivity index (χ0n) is 10.5. The van der Waals surface area contributed by atoms with Crippen LogP contribution in [0.1, 0.15) is 37.1 Å². The van der Waals surface area contributed by atoms with Crippen LogP contribution in [0.2, 0.25) is 0 Å². The second-order valence-electron chi connectivity index (χ2n) is 4.79. The average Bonchev–Trinajstić information content (AvgIpc) is 3.01. The molecule has 0 radical (unpaired) electrons. The smallest absolute Gasteiger partial charge is 0.326 e. The maximum absolute atomic E-state index is 10.9. The number of carbonyl (C=O) groups excluding carboxylic acids is 1. The number of carboxylic acid groups (broad SMARTS) is 1. The molecule has 2 N–H and O–H groups in total. The minimum Gasteiger partial charge on any atom is -0.480 e. The van der Waals surface area contributed by atoms with Crippen molar-refractivity contribution in [2.75, 3.05) is 5.32 Å². The predicted octanol–water partition coefficient (Wildman–Crippen LogP) is 1.72. The quantitative estimate of drug-likeness (QED) is 0.740. The summed E-state index contributed by atoms with van der Waals surface area (Å²) >= 11 is 1.38. The standard InChI is InChI=1S/C12H17N3O3S/c16-6-5-9(11(17)18)13-12-15-14-10(19-12)7-8-3-1-2-4-8/h6,8-9H,1-5,7H2,(H,13,15)(H,17,18). The van der Waals surface area contributed by atoms with Crippen molar-refractivity contribution in [3.8, 4) is 0 Å². The molecule has 6 nitrogen and oxygen atoms in total. The Morgan fingerprint density at radius 1 is 1.47 bits per heavy atom. The molecule has 0 spiro atoms. The van der Waals surface area contributed by atoms with Gasteiger partial charge in [-0.3, -0.25) is 0 Å². The predicted molar refractivity (Wildman–Crippen MR) is 71.3 cm³/mol. The first-order chi connectivity index (χ1) is 9.19. The lowest BCUT2D eigenvalue weighted by Gasteiger charge is -2.09. The first kappa shape index (κ1) is 13.9. The molecular formula is C12H17N3O3S. The molecule has 1 atom stereocenters. The van der Waals surface area contributed by atoms with E-state index in [1.807, 2.05) is 0 Å². The molecule has 19 heavy (non-hydrogen) atoms. The Morgan fingerprint density at radius 3 is 2.84 bits per heavy atom. The minimum atomic E-state index is -1.06. The maximum atomic E-state index is 10.9. The Balaban J connectivity index is 1.91. The van der Waals surface area contributed by atoms with Crippen LogP contribution in [0.15, 0.2) is 0 Å². The van der Waals surface area contributed by atoms with Crippen LogP contribution in [0.25, 0.3) is 0 Å². The lowest BCUT2D eigenvalue weighted by molar-refractivity contribution is -0.138. The molecule has 0 aromatic carbocycles. The number of carbonyl (C=O) groups is 2. The lowest BCUT2D eigenvalue weighted by atomic mass is 10.1. The summed E-state index contributed by atoms with van der Waals surface area (Å²) in [5, 5.41) is 21.1. The van der Waals surface area contributed by atoms with E-state index in [1.165, 1.54) is 37.0 Å². The van der Waals surface area contributed by atoms with Gasteiger partial charge in [0.15, 0.2) is 0 Å². The highest BCUT2D eigenvalue weighted by Crippen LogP contribution is 2.29. The third kappa shape index (κ3) is 3.99. The normalized spacial score (nSPS) is 17.3. The maximum Gasteiger partial charge on any atom is 0.326 e.